The van der Waals surface area contributed by atoms with Crippen LogP contribution in [-0.2, 0) is 6.54 Å². The first-order valence-corrected chi connectivity index (χ1v) is 5.08. The van der Waals surface area contributed by atoms with Crippen molar-refractivity contribution >= 4 is 0 Å². The highest BCUT2D eigenvalue weighted by Crippen LogP contribution is 2.16. The molecule has 0 aliphatic heterocycles. The molecule has 0 fully saturated rings. The molecule has 0 saturated heterocycles. The molecule has 0 aliphatic rings. The van der Waals surface area contributed by atoms with E-state index in [1.807, 2.05) is 26.1 Å². The molecule has 1 heterocycles. The number of aromatic nitrogens is 1. The largest absolute Gasteiger partial charge is 0.492 e. The zero-order valence-corrected chi connectivity index (χ0v) is 9.22. The average molecular weight is 212 g/mol. The Labute approximate surface area is 89.7 Å². The number of pyridine rings is 1. The van der Waals surface area contributed by atoms with E-state index in [-0.39, 0.29) is 6.67 Å². The van der Waals surface area contributed by atoms with Gasteiger partial charge < -0.3 is 10.1 Å². The van der Waals surface area contributed by atoms with Crippen molar-refractivity contribution in [3.63, 3.8) is 0 Å². The Kier molecular flexibility index (Phi) is 5.04. The molecule has 84 valence electrons. The molecule has 15 heavy (non-hydrogen) atoms. The quantitative estimate of drug-likeness (QED) is 0.731. The Morgan fingerprint density at radius 2 is 2.27 bits per heavy atom. The summed E-state index contributed by atoms with van der Waals surface area (Å²) in [6, 6.07) is 3.77. The van der Waals surface area contributed by atoms with Gasteiger partial charge in [-0.25, -0.2) is 0 Å². The van der Waals surface area contributed by atoms with Crippen molar-refractivity contribution in [2.75, 3.05) is 20.3 Å². The molecule has 0 unspecified atom stereocenters. The number of rotatable bonds is 6. The van der Waals surface area contributed by atoms with E-state index in [4.69, 9.17) is 4.74 Å². The Balaban J connectivity index is 2.67. The Hall–Kier alpha value is -1.16. The molecule has 0 spiro atoms. The van der Waals surface area contributed by atoms with E-state index in [1.54, 1.807) is 0 Å². The van der Waals surface area contributed by atoms with Gasteiger partial charge in [-0.1, -0.05) is 0 Å². The molecular formula is C11H17FN2O. The fourth-order valence-corrected chi connectivity index (χ4v) is 1.26. The van der Waals surface area contributed by atoms with E-state index in [1.165, 1.54) is 0 Å². The maximum Gasteiger partial charge on any atom is 0.142 e. The highest BCUT2D eigenvalue weighted by Gasteiger charge is 2.04. The summed E-state index contributed by atoms with van der Waals surface area (Å²) in [5.74, 6) is 0.739. The van der Waals surface area contributed by atoms with Crippen LogP contribution in [0.1, 0.15) is 17.8 Å². The number of halogens is 1. The van der Waals surface area contributed by atoms with E-state index in [2.05, 4.69) is 10.3 Å². The van der Waals surface area contributed by atoms with Crippen molar-refractivity contribution in [1.29, 1.82) is 0 Å². The molecule has 3 nitrogen and oxygen atoms in total. The predicted molar refractivity (Wildman–Crippen MR) is 57.8 cm³/mol. The zero-order valence-electron chi connectivity index (χ0n) is 9.22. The molecule has 0 amide bonds. The Morgan fingerprint density at radius 3 is 2.93 bits per heavy atom. The fourth-order valence-electron chi connectivity index (χ4n) is 1.26. The van der Waals surface area contributed by atoms with Crippen LogP contribution in [0.2, 0.25) is 0 Å². The van der Waals surface area contributed by atoms with Gasteiger partial charge in [0.15, 0.2) is 0 Å². The van der Waals surface area contributed by atoms with Crippen molar-refractivity contribution in [3.8, 4) is 5.75 Å². The molecule has 0 saturated carbocycles. The summed E-state index contributed by atoms with van der Waals surface area (Å²) < 4.78 is 17.3. The third kappa shape index (κ3) is 3.83. The summed E-state index contributed by atoms with van der Waals surface area (Å²) >= 11 is 0. The second-order valence-corrected chi connectivity index (χ2v) is 3.32. The molecule has 4 heteroatoms. The van der Waals surface area contributed by atoms with E-state index in [0.717, 1.165) is 17.1 Å². The third-order valence-corrected chi connectivity index (χ3v) is 1.95. The Morgan fingerprint density at radius 1 is 1.47 bits per heavy atom. The lowest BCUT2D eigenvalue weighted by atomic mass is 10.3. The second-order valence-electron chi connectivity index (χ2n) is 3.32. The molecule has 0 aliphatic carbocycles. The number of aryl methyl sites for hydroxylation is 1. The van der Waals surface area contributed by atoms with Gasteiger partial charge in [0.05, 0.1) is 19.0 Å². The number of ether oxygens (including phenoxy) is 1. The minimum Gasteiger partial charge on any atom is -0.492 e. The maximum absolute atomic E-state index is 11.9. The SMILES string of the molecule is CNCc1nc(C)ccc1OCCCF. The molecule has 0 aromatic carbocycles. The van der Waals surface area contributed by atoms with Crippen LogP contribution in [0.5, 0.6) is 5.75 Å². The number of nitrogens with one attached hydrogen (secondary N) is 1. The first kappa shape index (κ1) is 11.9. The minimum absolute atomic E-state index is 0.347. The van der Waals surface area contributed by atoms with Crippen LogP contribution in [0.4, 0.5) is 4.39 Å². The van der Waals surface area contributed by atoms with Crippen LogP contribution < -0.4 is 10.1 Å². The predicted octanol–water partition coefficient (Wildman–Crippen LogP) is 1.85. The van der Waals surface area contributed by atoms with Crippen LogP contribution in [0, 0.1) is 6.92 Å². The molecule has 1 N–H and O–H groups in total. The average Bonchev–Trinajstić information content (AvgIpc) is 2.22. The lowest BCUT2D eigenvalue weighted by Crippen LogP contribution is -2.10. The number of alkyl halides is 1. The minimum atomic E-state index is -0.347. The summed E-state index contributed by atoms with van der Waals surface area (Å²) in [6.07, 6.45) is 0.423. The van der Waals surface area contributed by atoms with Crippen LogP contribution >= 0.6 is 0 Å². The first-order chi connectivity index (χ1) is 7.27. The lowest BCUT2D eigenvalue weighted by molar-refractivity contribution is 0.285. The number of nitrogens with zero attached hydrogens (tertiary/aromatic N) is 1. The van der Waals surface area contributed by atoms with Crippen molar-refractivity contribution in [2.24, 2.45) is 0 Å². The van der Waals surface area contributed by atoms with Crippen molar-refractivity contribution < 1.29 is 9.13 Å². The molecule has 0 bridgehead atoms. The summed E-state index contributed by atoms with van der Waals surface area (Å²) in [4.78, 5) is 4.36. The van der Waals surface area contributed by atoms with Crippen LogP contribution in [0.25, 0.3) is 0 Å². The highest BCUT2D eigenvalue weighted by molar-refractivity contribution is 5.29. The van der Waals surface area contributed by atoms with E-state index >= 15 is 0 Å². The summed E-state index contributed by atoms with van der Waals surface area (Å²) in [5.41, 5.74) is 1.83. The van der Waals surface area contributed by atoms with Crippen molar-refractivity contribution in [1.82, 2.24) is 10.3 Å². The van der Waals surface area contributed by atoms with Crippen molar-refractivity contribution in [2.45, 2.75) is 19.9 Å². The molecule has 1 aromatic heterocycles. The summed E-state index contributed by atoms with van der Waals surface area (Å²) in [6.45, 7) is 2.65. The zero-order chi connectivity index (χ0) is 11.1. The van der Waals surface area contributed by atoms with E-state index < -0.39 is 0 Å². The number of hydrogen-bond donors (Lipinski definition) is 1. The standard InChI is InChI=1S/C11H17FN2O/c1-9-4-5-11(15-7-3-6-12)10(14-9)8-13-2/h4-5,13H,3,6-8H2,1-2H3. The normalized spacial score (nSPS) is 10.3. The number of hydrogen-bond acceptors (Lipinski definition) is 3. The van der Waals surface area contributed by atoms with Gasteiger partial charge in [-0.15, -0.1) is 0 Å². The van der Waals surface area contributed by atoms with E-state index in [0.29, 0.717) is 19.6 Å². The van der Waals surface area contributed by atoms with Gasteiger partial charge in [-0.3, -0.25) is 9.37 Å². The highest BCUT2D eigenvalue weighted by atomic mass is 19.1. The second kappa shape index (κ2) is 6.35. The van der Waals surface area contributed by atoms with Gasteiger partial charge in [0, 0.05) is 18.7 Å². The maximum atomic E-state index is 11.9. The Bertz CT molecular complexity index is 305. The molecule has 1 rings (SSSR count). The monoisotopic (exact) mass is 212 g/mol. The van der Waals surface area contributed by atoms with Crippen LogP contribution in [0.3, 0.4) is 0 Å². The third-order valence-electron chi connectivity index (χ3n) is 1.95. The molecular weight excluding hydrogens is 195 g/mol. The smallest absolute Gasteiger partial charge is 0.142 e. The topological polar surface area (TPSA) is 34.2 Å². The van der Waals surface area contributed by atoms with E-state index in [9.17, 15) is 4.39 Å². The van der Waals surface area contributed by atoms with Gasteiger partial charge in [0.2, 0.25) is 0 Å². The first-order valence-electron chi connectivity index (χ1n) is 5.08. The van der Waals surface area contributed by atoms with Gasteiger partial charge in [-0.2, -0.15) is 0 Å². The lowest BCUT2D eigenvalue weighted by Gasteiger charge is -2.10. The van der Waals surface area contributed by atoms with Gasteiger partial charge in [-0.05, 0) is 26.1 Å². The fraction of sp³-hybridized carbons (Fsp3) is 0.545. The summed E-state index contributed by atoms with van der Waals surface area (Å²) in [5, 5.41) is 3.03. The van der Waals surface area contributed by atoms with Crippen molar-refractivity contribution in [3.05, 3.63) is 23.5 Å². The molecule has 0 atom stereocenters. The summed E-state index contributed by atoms with van der Waals surface area (Å²) in [7, 11) is 1.86. The van der Waals surface area contributed by atoms with Gasteiger partial charge in [0.25, 0.3) is 0 Å². The van der Waals surface area contributed by atoms with Crippen LogP contribution in [-0.4, -0.2) is 25.3 Å². The van der Waals surface area contributed by atoms with Gasteiger partial charge in [0.1, 0.15) is 5.75 Å². The van der Waals surface area contributed by atoms with Crippen LogP contribution in [0.15, 0.2) is 12.1 Å². The molecule has 1 aromatic rings. The van der Waals surface area contributed by atoms with Gasteiger partial charge >= 0.3 is 0 Å². The molecule has 0 radical (unpaired) electrons.